The van der Waals surface area contributed by atoms with Gasteiger partial charge in [-0.1, -0.05) is 6.07 Å². The summed E-state index contributed by atoms with van der Waals surface area (Å²) in [5, 5.41) is 12.1. The number of carbonyl (C=O) groups excluding carboxylic acids is 1. The van der Waals surface area contributed by atoms with Crippen molar-refractivity contribution in [3.8, 4) is 11.5 Å². The maximum absolute atomic E-state index is 12.9. The topological polar surface area (TPSA) is 101 Å². The molecule has 0 aliphatic carbocycles. The Balaban J connectivity index is 1.60. The number of ether oxygens (including phenoxy) is 2. The van der Waals surface area contributed by atoms with Gasteiger partial charge in [0.25, 0.3) is 5.91 Å². The fourth-order valence-corrected chi connectivity index (χ4v) is 3.36. The van der Waals surface area contributed by atoms with Gasteiger partial charge in [-0.15, -0.1) is 13.2 Å². The second-order valence-electron chi connectivity index (χ2n) is 6.86. The highest BCUT2D eigenvalue weighted by Gasteiger charge is 2.31. The van der Waals surface area contributed by atoms with Crippen molar-refractivity contribution >= 4 is 29.1 Å². The van der Waals surface area contributed by atoms with E-state index in [1.165, 1.54) is 36.5 Å². The minimum absolute atomic E-state index is 0.00127. The monoisotopic (exact) mass is 459 g/mol. The Morgan fingerprint density at radius 3 is 2.48 bits per heavy atom. The highest BCUT2D eigenvalue weighted by Crippen LogP contribution is 2.39. The quantitative estimate of drug-likeness (QED) is 0.581. The number of nitrogens with zero attached hydrogens (tertiary/aromatic N) is 2. The molecule has 1 aliphatic heterocycles. The molecule has 11 heteroatoms. The molecule has 4 rings (SSSR count). The fraction of sp³-hybridized carbons (Fsp3) is 0.136. The van der Waals surface area contributed by atoms with Gasteiger partial charge in [0.15, 0.2) is 5.75 Å². The molecular weight excluding hydrogens is 443 g/mol. The van der Waals surface area contributed by atoms with E-state index in [-0.39, 0.29) is 35.0 Å². The second-order valence-corrected chi connectivity index (χ2v) is 6.86. The van der Waals surface area contributed by atoms with E-state index in [0.717, 1.165) is 12.1 Å². The van der Waals surface area contributed by atoms with Gasteiger partial charge in [0.1, 0.15) is 23.7 Å². The summed E-state index contributed by atoms with van der Waals surface area (Å²) in [6.07, 6.45) is -3.34. The first-order valence-electron chi connectivity index (χ1n) is 9.62. The summed E-state index contributed by atoms with van der Waals surface area (Å²) in [7, 11) is 0. The number of carboxylic acid groups (broad SMARTS) is 1. The highest BCUT2D eigenvalue weighted by atomic mass is 19.4. The summed E-state index contributed by atoms with van der Waals surface area (Å²) in [5.41, 5.74) is 0.878. The number of para-hydroxylation sites is 1. The van der Waals surface area contributed by atoms with Gasteiger partial charge in [0, 0.05) is 11.9 Å². The molecule has 0 unspecified atom stereocenters. The van der Waals surface area contributed by atoms with Crippen molar-refractivity contribution in [1.29, 1.82) is 0 Å². The Hall–Kier alpha value is -4.28. The molecule has 1 aliphatic rings. The Morgan fingerprint density at radius 1 is 1.06 bits per heavy atom. The van der Waals surface area contributed by atoms with Crippen LogP contribution in [0.15, 0.2) is 60.8 Å². The van der Waals surface area contributed by atoms with Gasteiger partial charge >= 0.3 is 12.3 Å². The van der Waals surface area contributed by atoms with Gasteiger partial charge in [0.05, 0.1) is 17.8 Å². The van der Waals surface area contributed by atoms with Crippen molar-refractivity contribution in [2.75, 3.05) is 23.4 Å². The average molecular weight is 459 g/mol. The van der Waals surface area contributed by atoms with Crippen LogP contribution >= 0.6 is 0 Å². The number of carbonyl (C=O) groups is 2. The zero-order valence-corrected chi connectivity index (χ0v) is 16.8. The van der Waals surface area contributed by atoms with Crippen molar-refractivity contribution < 1.29 is 37.3 Å². The van der Waals surface area contributed by atoms with E-state index >= 15 is 0 Å². The van der Waals surface area contributed by atoms with Crippen LogP contribution in [0.1, 0.15) is 20.7 Å². The molecule has 0 spiro atoms. The van der Waals surface area contributed by atoms with E-state index in [1.54, 1.807) is 17.0 Å². The minimum Gasteiger partial charge on any atom is -0.489 e. The maximum Gasteiger partial charge on any atom is 0.573 e. The molecule has 0 fully saturated rings. The number of hydrogen-bond acceptors (Lipinski definition) is 6. The Morgan fingerprint density at radius 2 is 1.79 bits per heavy atom. The summed E-state index contributed by atoms with van der Waals surface area (Å²) in [4.78, 5) is 30.4. The molecule has 2 N–H and O–H groups in total. The molecular formula is C22H16F3N3O5. The lowest BCUT2D eigenvalue weighted by Gasteiger charge is -2.32. The van der Waals surface area contributed by atoms with Gasteiger partial charge in [-0.05, 0) is 48.5 Å². The maximum atomic E-state index is 12.9. The van der Waals surface area contributed by atoms with E-state index in [0.29, 0.717) is 12.2 Å². The predicted molar refractivity (Wildman–Crippen MR) is 111 cm³/mol. The third-order valence-electron chi connectivity index (χ3n) is 4.71. The van der Waals surface area contributed by atoms with E-state index in [2.05, 4.69) is 15.0 Å². The molecule has 8 nitrogen and oxygen atoms in total. The van der Waals surface area contributed by atoms with Gasteiger partial charge in [-0.3, -0.25) is 4.79 Å². The molecule has 2 heterocycles. The molecule has 0 bridgehead atoms. The largest absolute Gasteiger partial charge is 0.573 e. The summed E-state index contributed by atoms with van der Waals surface area (Å²) in [6.45, 7) is 0.492. The van der Waals surface area contributed by atoms with E-state index in [1.807, 2.05) is 0 Å². The lowest BCUT2D eigenvalue weighted by atomic mass is 10.1. The molecule has 170 valence electrons. The van der Waals surface area contributed by atoms with Gasteiger partial charge in [-0.2, -0.15) is 0 Å². The summed E-state index contributed by atoms with van der Waals surface area (Å²) in [6, 6.07) is 12.5. The van der Waals surface area contributed by atoms with Crippen LogP contribution in [0.4, 0.5) is 30.4 Å². The SMILES string of the molecule is O=C(O)c1cccnc1N1CCOc2c(C(=O)Nc3ccc(OC(F)(F)F)cc3)cccc21. The Labute approximate surface area is 185 Å². The summed E-state index contributed by atoms with van der Waals surface area (Å²) >= 11 is 0. The lowest BCUT2D eigenvalue weighted by molar-refractivity contribution is -0.274. The van der Waals surface area contributed by atoms with E-state index in [4.69, 9.17) is 4.74 Å². The normalized spacial score (nSPS) is 13.0. The van der Waals surface area contributed by atoms with E-state index < -0.39 is 24.0 Å². The number of pyridine rings is 1. The summed E-state index contributed by atoms with van der Waals surface area (Å²) < 4.78 is 46.5. The van der Waals surface area contributed by atoms with Crippen LogP contribution in [-0.4, -0.2) is 41.5 Å². The molecule has 0 saturated carbocycles. The number of halogens is 3. The number of hydrogen-bond donors (Lipinski definition) is 2. The van der Waals surface area contributed by atoms with Crippen LogP contribution in [-0.2, 0) is 0 Å². The zero-order valence-electron chi connectivity index (χ0n) is 16.8. The lowest BCUT2D eigenvalue weighted by Crippen LogP contribution is -2.31. The van der Waals surface area contributed by atoms with Crippen molar-refractivity contribution in [1.82, 2.24) is 4.98 Å². The standard InChI is InChI=1S/C22H16F3N3O5/c23-22(24,25)33-14-8-6-13(7-9-14)27-20(29)15-3-1-5-17-18(15)32-12-11-28(17)19-16(21(30)31)4-2-10-26-19/h1-10H,11-12H2,(H,27,29)(H,30,31). The molecule has 0 radical (unpaired) electrons. The van der Waals surface area contributed by atoms with E-state index in [9.17, 15) is 27.9 Å². The molecule has 2 aromatic carbocycles. The van der Waals surface area contributed by atoms with Crippen LogP contribution in [0.25, 0.3) is 0 Å². The fourth-order valence-electron chi connectivity index (χ4n) is 3.36. The number of amides is 1. The number of aromatic carboxylic acids is 1. The van der Waals surface area contributed by atoms with Gasteiger partial charge < -0.3 is 24.8 Å². The Bertz CT molecular complexity index is 1200. The van der Waals surface area contributed by atoms with Gasteiger partial charge in [-0.25, -0.2) is 9.78 Å². The first-order valence-corrected chi connectivity index (χ1v) is 9.62. The van der Waals surface area contributed by atoms with Crippen LogP contribution in [0, 0.1) is 0 Å². The van der Waals surface area contributed by atoms with Crippen molar-refractivity contribution in [2.45, 2.75) is 6.36 Å². The molecule has 33 heavy (non-hydrogen) atoms. The molecule has 0 atom stereocenters. The van der Waals surface area contributed by atoms with Crippen LogP contribution in [0.5, 0.6) is 11.5 Å². The van der Waals surface area contributed by atoms with Crippen molar-refractivity contribution in [3.05, 3.63) is 71.9 Å². The second kappa shape index (κ2) is 8.69. The number of rotatable bonds is 5. The number of anilines is 3. The van der Waals surface area contributed by atoms with Crippen LogP contribution < -0.4 is 19.7 Å². The zero-order chi connectivity index (χ0) is 23.6. The summed E-state index contributed by atoms with van der Waals surface area (Å²) in [5.74, 6) is -1.66. The van der Waals surface area contributed by atoms with Crippen molar-refractivity contribution in [2.24, 2.45) is 0 Å². The average Bonchev–Trinajstić information content (AvgIpc) is 2.78. The first kappa shape index (κ1) is 21.9. The predicted octanol–water partition coefficient (Wildman–Crippen LogP) is 4.46. The molecule has 1 amide bonds. The first-order chi connectivity index (χ1) is 15.7. The minimum atomic E-state index is -4.81. The number of aromatic nitrogens is 1. The smallest absolute Gasteiger partial charge is 0.489 e. The number of carboxylic acids is 1. The number of nitrogens with one attached hydrogen (secondary N) is 1. The third-order valence-corrected chi connectivity index (χ3v) is 4.71. The molecule has 0 saturated heterocycles. The number of fused-ring (bicyclic) bond motifs is 1. The Kier molecular flexibility index (Phi) is 5.78. The third kappa shape index (κ3) is 4.81. The highest BCUT2D eigenvalue weighted by molar-refractivity contribution is 6.08. The number of alkyl halides is 3. The van der Waals surface area contributed by atoms with Crippen LogP contribution in [0.2, 0.25) is 0 Å². The molecule has 1 aromatic heterocycles. The number of benzene rings is 2. The molecule has 3 aromatic rings. The van der Waals surface area contributed by atoms with Crippen LogP contribution in [0.3, 0.4) is 0 Å². The van der Waals surface area contributed by atoms with Crippen molar-refractivity contribution in [3.63, 3.8) is 0 Å². The van der Waals surface area contributed by atoms with Gasteiger partial charge in [0.2, 0.25) is 0 Å².